The molecule has 0 aliphatic carbocycles. The normalized spacial score (nSPS) is 12.3. The fraction of sp³-hybridized carbons (Fsp3) is 0.571. The van der Waals surface area contributed by atoms with E-state index in [-0.39, 0.29) is 18.0 Å². The second kappa shape index (κ2) is 6.51. The van der Waals surface area contributed by atoms with Crippen molar-refractivity contribution in [2.45, 2.75) is 33.6 Å². The highest BCUT2D eigenvalue weighted by Crippen LogP contribution is 2.10. The van der Waals surface area contributed by atoms with Crippen LogP contribution in [0.1, 0.15) is 48.6 Å². The average Bonchev–Trinajstić information content (AvgIpc) is 2.36. The van der Waals surface area contributed by atoms with Gasteiger partial charge in [0.1, 0.15) is 11.4 Å². The Morgan fingerprint density at radius 3 is 2.33 bits per heavy atom. The van der Waals surface area contributed by atoms with Crippen molar-refractivity contribution in [3.8, 4) is 0 Å². The lowest BCUT2D eigenvalue weighted by molar-refractivity contribution is -0.141. The van der Waals surface area contributed by atoms with Gasteiger partial charge in [0.25, 0.3) is 11.5 Å². The van der Waals surface area contributed by atoms with Crippen molar-refractivity contribution in [3.05, 3.63) is 27.4 Å². The Bertz CT molecular complexity index is 607. The Balaban J connectivity index is 3.08. The number of nitrogens with one attached hydrogen (secondary N) is 1. The minimum absolute atomic E-state index is 0.0268. The number of aliphatic carboxylic acids is 1. The molecule has 116 valence electrons. The molecule has 1 atom stereocenters. The van der Waals surface area contributed by atoms with Crippen molar-refractivity contribution < 1.29 is 14.7 Å². The predicted octanol–water partition coefficient (Wildman–Crippen LogP) is 0.994. The number of carbonyl (C=O) groups is 2. The first-order valence-corrected chi connectivity index (χ1v) is 6.74. The van der Waals surface area contributed by atoms with E-state index >= 15 is 0 Å². The van der Waals surface area contributed by atoms with Crippen molar-refractivity contribution in [1.29, 1.82) is 0 Å². The van der Waals surface area contributed by atoms with Crippen molar-refractivity contribution >= 4 is 11.9 Å². The number of H-pyrrole nitrogens is 1. The maximum Gasteiger partial charge on any atom is 0.308 e. The molecule has 0 saturated heterocycles. The van der Waals surface area contributed by atoms with E-state index in [0.717, 1.165) is 0 Å². The summed E-state index contributed by atoms with van der Waals surface area (Å²) in [5.74, 6) is -1.65. The predicted molar refractivity (Wildman–Crippen MR) is 77.4 cm³/mol. The van der Waals surface area contributed by atoms with Crippen LogP contribution in [0.3, 0.4) is 0 Å². The third-order valence-electron chi connectivity index (χ3n) is 3.20. The summed E-state index contributed by atoms with van der Waals surface area (Å²) in [5, 5.41) is 8.87. The second-order valence-electron chi connectivity index (χ2n) is 5.49. The molecule has 0 spiro atoms. The van der Waals surface area contributed by atoms with Crippen LogP contribution < -0.4 is 5.56 Å². The van der Waals surface area contributed by atoms with Gasteiger partial charge >= 0.3 is 5.97 Å². The first kappa shape index (κ1) is 16.9. The minimum Gasteiger partial charge on any atom is -0.481 e. The molecule has 7 nitrogen and oxygen atoms in total. The van der Waals surface area contributed by atoms with Crippen LogP contribution in [0.5, 0.6) is 0 Å². The summed E-state index contributed by atoms with van der Waals surface area (Å²) in [6, 6.07) is 0. The highest BCUT2D eigenvalue weighted by atomic mass is 16.4. The number of aromatic nitrogens is 2. The molecule has 1 unspecified atom stereocenters. The van der Waals surface area contributed by atoms with Gasteiger partial charge in [-0.1, -0.05) is 20.8 Å². The third kappa shape index (κ3) is 3.90. The molecular formula is C14H21N3O4. The SMILES string of the molecule is Cc1nc(C(C)C)[nH]c(=O)c1C(=O)N(C)CC(C)C(=O)O. The van der Waals surface area contributed by atoms with Gasteiger partial charge in [-0.05, 0) is 6.92 Å². The highest BCUT2D eigenvalue weighted by molar-refractivity contribution is 5.94. The Morgan fingerprint density at radius 2 is 1.90 bits per heavy atom. The van der Waals surface area contributed by atoms with E-state index in [9.17, 15) is 14.4 Å². The lowest BCUT2D eigenvalue weighted by atomic mass is 10.1. The number of amides is 1. The summed E-state index contributed by atoms with van der Waals surface area (Å²) in [4.78, 5) is 43.3. The van der Waals surface area contributed by atoms with E-state index in [1.165, 1.54) is 18.9 Å². The maximum atomic E-state index is 12.3. The number of rotatable bonds is 5. The number of carboxylic acid groups (broad SMARTS) is 1. The molecule has 0 saturated carbocycles. The number of nitrogens with zero attached hydrogens (tertiary/aromatic N) is 2. The van der Waals surface area contributed by atoms with Gasteiger partial charge in [-0.2, -0.15) is 0 Å². The van der Waals surface area contributed by atoms with Gasteiger partial charge in [0.05, 0.1) is 11.6 Å². The van der Waals surface area contributed by atoms with Crippen LogP contribution in [0.15, 0.2) is 4.79 Å². The summed E-state index contributed by atoms with van der Waals surface area (Å²) in [5.41, 5.74) is -0.187. The molecule has 0 aromatic carbocycles. The summed E-state index contributed by atoms with van der Waals surface area (Å²) in [6.45, 7) is 6.91. The largest absolute Gasteiger partial charge is 0.481 e. The molecule has 0 aliphatic rings. The Kier molecular flexibility index (Phi) is 5.23. The van der Waals surface area contributed by atoms with Crippen LogP contribution in [0, 0.1) is 12.8 Å². The smallest absolute Gasteiger partial charge is 0.308 e. The van der Waals surface area contributed by atoms with Gasteiger partial charge in [0.2, 0.25) is 0 Å². The van der Waals surface area contributed by atoms with Crippen LogP contribution >= 0.6 is 0 Å². The zero-order chi connectivity index (χ0) is 16.3. The maximum absolute atomic E-state index is 12.3. The molecule has 21 heavy (non-hydrogen) atoms. The minimum atomic E-state index is -0.992. The van der Waals surface area contributed by atoms with E-state index in [1.807, 2.05) is 13.8 Å². The fourth-order valence-electron chi connectivity index (χ4n) is 1.90. The van der Waals surface area contributed by atoms with Crippen molar-refractivity contribution in [1.82, 2.24) is 14.9 Å². The first-order valence-electron chi connectivity index (χ1n) is 6.74. The van der Waals surface area contributed by atoms with Gasteiger partial charge < -0.3 is 15.0 Å². The fourth-order valence-corrected chi connectivity index (χ4v) is 1.90. The number of aryl methyl sites for hydroxylation is 1. The van der Waals surface area contributed by atoms with Crippen LogP contribution in [0.25, 0.3) is 0 Å². The second-order valence-corrected chi connectivity index (χ2v) is 5.49. The van der Waals surface area contributed by atoms with Gasteiger partial charge in [0.15, 0.2) is 0 Å². The van der Waals surface area contributed by atoms with E-state index in [1.54, 1.807) is 6.92 Å². The average molecular weight is 295 g/mol. The summed E-state index contributed by atoms with van der Waals surface area (Å²) >= 11 is 0. The molecule has 0 bridgehead atoms. The number of hydrogen-bond donors (Lipinski definition) is 2. The van der Waals surface area contributed by atoms with Crippen molar-refractivity contribution in [2.24, 2.45) is 5.92 Å². The number of carbonyl (C=O) groups excluding carboxylic acids is 1. The third-order valence-corrected chi connectivity index (χ3v) is 3.20. The lowest BCUT2D eigenvalue weighted by Gasteiger charge is -2.20. The highest BCUT2D eigenvalue weighted by Gasteiger charge is 2.23. The van der Waals surface area contributed by atoms with E-state index in [4.69, 9.17) is 5.11 Å². The molecule has 7 heteroatoms. The monoisotopic (exact) mass is 295 g/mol. The molecule has 1 heterocycles. The molecular weight excluding hydrogens is 274 g/mol. The van der Waals surface area contributed by atoms with Crippen molar-refractivity contribution in [3.63, 3.8) is 0 Å². The quantitative estimate of drug-likeness (QED) is 0.843. The van der Waals surface area contributed by atoms with Crippen LogP contribution in [-0.4, -0.2) is 45.4 Å². The number of aromatic amines is 1. The van der Waals surface area contributed by atoms with Gasteiger partial charge in [0, 0.05) is 19.5 Å². The topological polar surface area (TPSA) is 103 Å². The molecule has 0 radical (unpaired) electrons. The van der Waals surface area contributed by atoms with E-state index in [2.05, 4.69) is 9.97 Å². The van der Waals surface area contributed by atoms with Gasteiger partial charge in [-0.25, -0.2) is 4.98 Å². The lowest BCUT2D eigenvalue weighted by Crippen LogP contribution is -2.37. The summed E-state index contributed by atoms with van der Waals surface area (Å²) < 4.78 is 0. The molecule has 1 aromatic heterocycles. The Hall–Kier alpha value is -2.18. The molecule has 0 aliphatic heterocycles. The Labute approximate surface area is 123 Å². The standard InChI is InChI=1S/C14H21N3O4/c1-7(2)11-15-9(4)10(12(18)16-11)13(19)17(5)6-8(3)14(20)21/h7-8H,6H2,1-5H3,(H,20,21)(H,15,16,18). The number of hydrogen-bond acceptors (Lipinski definition) is 4. The molecule has 2 N–H and O–H groups in total. The van der Waals surface area contributed by atoms with Gasteiger partial charge in [-0.3, -0.25) is 14.4 Å². The van der Waals surface area contributed by atoms with Crippen LogP contribution in [0.2, 0.25) is 0 Å². The molecule has 1 aromatic rings. The van der Waals surface area contributed by atoms with Gasteiger partial charge in [-0.15, -0.1) is 0 Å². The van der Waals surface area contributed by atoms with Crippen molar-refractivity contribution in [2.75, 3.05) is 13.6 Å². The van der Waals surface area contributed by atoms with E-state index in [0.29, 0.717) is 11.5 Å². The number of carboxylic acids is 1. The first-order chi connectivity index (χ1) is 9.65. The zero-order valence-corrected chi connectivity index (χ0v) is 12.9. The molecule has 1 amide bonds. The zero-order valence-electron chi connectivity index (χ0n) is 12.9. The summed E-state index contributed by atoms with van der Waals surface area (Å²) in [7, 11) is 1.47. The van der Waals surface area contributed by atoms with E-state index < -0.39 is 23.4 Å². The van der Waals surface area contributed by atoms with Crippen LogP contribution in [-0.2, 0) is 4.79 Å². The van der Waals surface area contributed by atoms with Crippen LogP contribution in [0.4, 0.5) is 0 Å². The molecule has 1 rings (SSSR count). The molecule has 0 fully saturated rings. The summed E-state index contributed by atoms with van der Waals surface area (Å²) in [6.07, 6.45) is 0. The Morgan fingerprint density at radius 1 is 1.33 bits per heavy atom.